The van der Waals surface area contributed by atoms with Crippen LogP contribution in [0.25, 0.3) is 0 Å². The molecule has 0 spiro atoms. The molecule has 0 atom stereocenters. The first-order valence-corrected chi connectivity index (χ1v) is 3.50. The molecule has 0 aliphatic heterocycles. The Morgan fingerprint density at radius 2 is 2.00 bits per heavy atom. The smallest absolute Gasteiger partial charge is 0.107 e. The first-order valence-electron chi connectivity index (χ1n) is 2.30. The van der Waals surface area contributed by atoms with Crippen LogP contribution in [0.15, 0.2) is 21.8 Å². The summed E-state index contributed by atoms with van der Waals surface area (Å²) in [6.07, 6.45) is 5.55. The van der Waals surface area contributed by atoms with Crippen LogP contribution >= 0.6 is 48.0 Å². The molecule has 56 valence electrons. The van der Waals surface area contributed by atoms with Crippen LogP contribution in [0, 0.1) is 0 Å². The molecule has 0 radical (unpaired) electrons. The minimum atomic E-state index is 0. The maximum atomic E-state index is 2.20. The maximum absolute atomic E-state index is 2.20. The van der Waals surface area contributed by atoms with E-state index in [1.165, 1.54) is 16.1 Å². The predicted octanol–water partition coefficient (Wildman–Crippen LogP) is 3.00. The van der Waals surface area contributed by atoms with Crippen molar-refractivity contribution in [1.82, 2.24) is 0 Å². The number of hydrogen-bond donors (Lipinski definition) is 0. The van der Waals surface area contributed by atoms with Gasteiger partial charge in [0.1, 0.15) is 0 Å². The van der Waals surface area contributed by atoms with Gasteiger partial charge in [-0.15, -0.1) is 48.0 Å². The standard InChI is InChI=1S/C6H7.2HI.Ir/c1-6-4-2-3-5-6;;;/h2,4H,3H2,1H3;2*1H;. The number of halogens is 2. The second-order valence-electron chi connectivity index (χ2n) is 1.67. The van der Waals surface area contributed by atoms with Crippen molar-refractivity contribution >= 4 is 48.0 Å². The van der Waals surface area contributed by atoms with Gasteiger partial charge in [-0.25, -0.2) is 0 Å². The number of rotatable bonds is 0. The van der Waals surface area contributed by atoms with Crippen LogP contribution < -0.4 is 0 Å². The maximum Gasteiger partial charge on any atom is -0.107 e. The van der Waals surface area contributed by atoms with Gasteiger partial charge >= 0.3 is 54.1 Å². The Hall–Kier alpha value is 1.59. The molecule has 1 aliphatic carbocycles. The van der Waals surface area contributed by atoms with Gasteiger partial charge in [-0.2, -0.15) is 0 Å². The first-order chi connectivity index (χ1) is 3.30. The first kappa shape index (κ1) is 13.2. The van der Waals surface area contributed by atoms with E-state index < -0.39 is 0 Å². The van der Waals surface area contributed by atoms with Crippen molar-refractivity contribution in [2.24, 2.45) is 0 Å². The molecule has 0 nitrogen and oxygen atoms in total. The molecule has 0 aromatic rings. The molecular formula is C6H9I2Ir. The second-order valence-corrected chi connectivity index (χ2v) is 3.11. The van der Waals surface area contributed by atoms with Crippen molar-refractivity contribution in [3.05, 3.63) is 21.8 Å². The Morgan fingerprint density at radius 1 is 1.44 bits per heavy atom. The molecule has 0 saturated carbocycles. The fourth-order valence-corrected chi connectivity index (χ4v) is 1.06. The quantitative estimate of drug-likeness (QED) is 0.426. The van der Waals surface area contributed by atoms with Crippen molar-refractivity contribution in [2.75, 3.05) is 0 Å². The van der Waals surface area contributed by atoms with Crippen LogP contribution in [0.3, 0.4) is 0 Å². The van der Waals surface area contributed by atoms with Crippen LogP contribution in [-0.2, 0) is 18.9 Å². The third-order valence-electron chi connectivity index (χ3n) is 1.07. The van der Waals surface area contributed by atoms with Crippen LogP contribution in [0.5, 0.6) is 0 Å². The molecule has 0 aromatic carbocycles. The average molecular weight is 527 g/mol. The average Bonchev–Trinajstić information content (AvgIpc) is 1.91. The molecule has 0 aromatic heterocycles. The summed E-state index contributed by atoms with van der Waals surface area (Å²) in [5, 5.41) is 0. The van der Waals surface area contributed by atoms with E-state index in [4.69, 9.17) is 0 Å². The molecule has 0 amide bonds. The molecule has 0 bridgehead atoms. The summed E-state index contributed by atoms with van der Waals surface area (Å²) in [6.45, 7) is 2.15. The van der Waals surface area contributed by atoms with Gasteiger partial charge in [0, 0.05) is 0 Å². The molecule has 0 heterocycles. The second kappa shape index (κ2) is 6.31. The van der Waals surface area contributed by atoms with Crippen LogP contribution in [0.2, 0.25) is 0 Å². The fourth-order valence-electron chi connectivity index (χ4n) is 0.582. The molecule has 3 heteroatoms. The van der Waals surface area contributed by atoms with Crippen molar-refractivity contribution in [3.63, 3.8) is 0 Å². The third kappa shape index (κ3) is 4.11. The zero-order chi connectivity index (χ0) is 5.28. The summed E-state index contributed by atoms with van der Waals surface area (Å²) in [6, 6.07) is 0. The van der Waals surface area contributed by atoms with Gasteiger partial charge in [0.2, 0.25) is 0 Å². The SMILES string of the molecule is CC1=[C]([Ir])CC=C1.I.I. The molecule has 0 unspecified atom stereocenters. The zero-order valence-corrected chi connectivity index (χ0v) is 12.1. The number of allylic oxidation sites excluding steroid dienone is 4. The van der Waals surface area contributed by atoms with E-state index >= 15 is 0 Å². The molecule has 9 heavy (non-hydrogen) atoms. The van der Waals surface area contributed by atoms with Gasteiger partial charge in [0.15, 0.2) is 0 Å². The van der Waals surface area contributed by atoms with E-state index in [-0.39, 0.29) is 48.0 Å². The Bertz CT molecular complexity index is 138. The third-order valence-corrected chi connectivity index (χ3v) is 2.50. The molecule has 0 fully saturated rings. The topological polar surface area (TPSA) is 0 Å². The van der Waals surface area contributed by atoms with Gasteiger partial charge in [0.05, 0.1) is 0 Å². The normalized spacial score (nSPS) is 15.0. The predicted molar refractivity (Wildman–Crippen MR) is 57.3 cm³/mol. The monoisotopic (exact) mass is 528 g/mol. The fraction of sp³-hybridized carbons (Fsp3) is 0.333. The summed E-state index contributed by atoms with van der Waals surface area (Å²) in [7, 11) is 0. The minimum absolute atomic E-state index is 0. The van der Waals surface area contributed by atoms with Gasteiger partial charge in [-0.1, -0.05) is 0 Å². The summed E-state index contributed by atoms with van der Waals surface area (Å²) in [5.74, 6) is 0. The Morgan fingerprint density at radius 3 is 2.11 bits per heavy atom. The van der Waals surface area contributed by atoms with Crippen LogP contribution in [0.4, 0.5) is 0 Å². The summed E-state index contributed by atoms with van der Waals surface area (Å²) in [4.78, 5) is 0. The van der Waals surface area contributed by atoms with E-state index in [0.717, 1.165) is 0 Å². The summed E-state index contributed by atoms with van der Waals surface area (Å²) in [5.41, 5.74) is 1.44. The van der Waals surface area contributed by atoms with Crippen molar-refractivity contribution in [2.45, 2.75) is 13.3 Å². The van der Waals surface area contributed by atoms with Crippen molar-refractivity contribution in [1.29, 1.82) is 0 Å². The van der Waals surface area contributed by atoms with E-state index in [2.05, 4.69) is 38.0 Å². The Balaban J connectivity index is 0. The molecule has 0 N–H and O–H groups in total. The van der Waals surface area contributed by atoms with Gasteiger partial charge in [-0.05, 0) is 0 Å². The molecular weight excluding hydrogens is 518 g/mol. The van der Waals surface area contributed by atoms with E-state index in [0.29, 0.717) is 0 Å². The zero-order valence-electron chi connectivity index (χ0n) is 5.01. The van der Waals surface area contributed by atoms with E-state index in [1.807, 2.05) is 0 Å². The largest absolute Gasteiger partial charge is 0.107 e. The molecule has 0 saturated heterocycles. The minimum Gasteiger partial charge on any atom is -0.107 e. The Kier molecular flexibility index (Phi) is 9.25. The number of hydrogen-bond acceptors (Lipinski definition) is 0. The van der Waals surface area contributed by atoms with Gasteiger partial charge < -0.3 is 0 Å². The summed E-state index contributed by atoms with van der Waals surface area (Å²) >= 11 is 2.18. The van der Waals surface area contributed by atoms with Crippen LogP contribution in [0.1, 0.15) is 13.3 Å². The molecule has 1 aliphatic rings. The van der Waals surface area contributed by atoms with E-state index in [9.17, 15) is 0 Å². The van der Waals surface area contributed by atoms with Crippen LogP contribution in [-0.4, -0.2) is 0 Å². The van der Waals surface area contributed by atoms with Crippen molar-refractivity contribution < 1.29 is 18.9 Å². The molecule has 1 rings (SSSR count). The van der Waals surface area contributed by atoms with Crippen molar-refractivity contribution in [3.8, 4) is 0 Å². The summed E-state index contributed by atoms with van der Waals surface area (Å²) < 4.78 is 1.51. The van der Waals surface area contributed by atoms with Gasteiger partial charge in [-0.3, -0.25) is 0 Å². The van der Waals surface area contributed by atoms with Gasteiger partial charge in [0.25, 0.3) is 0 Å². The van der Waals surface area contributed by atoms with E-state index in [1.54, 1.807) is 0 Å². The Labute approximate surface area is 101 Å².